The molecule has 0 atom stereocenters. The Morgan fingerprint density at radius 1 is 0.868 bits per heavy atom. The highest BCUT2D eigenvalue weighted by atomic mass is 35.5. The molecule has 0 fully saturated rings. The molecule has 38 heavy (non-hydrogen) atoms. The first-order chi connectivity index (χ1) is 18.3. The first-order valence-electron chi connectivity index (χ1n) is 11.4. The Balaban J connectivity index is 1.42. The number of nitrogens with one attached hydrogen (secondary N) is 1. The van der Waals surface area contributed by atoms with Gasteiger partial charge in [-0.2, -0.15) is 5.10 Å². The smallest absolute Gasteiger partial charge is 0.264 e. The van der Waals surface area contributed by atoms with Crippen LogP contribution in [-0.4, -0.2) is 27.1 Å². The lowest BCUT2D eigenvalue weighted by Crippen LogP contribution is -2.39. The van der Waals surface area contributed by atoms with E-state index in [1.807, 2.05) is 30.3 Å². The molecule has 7 nitrogen and oxygen atoms in total. The van der Waals surface area contributed by atoms with Crippen molar-refractivity contribution in [3.05, 3.63) is 124 Å². The number of anilines is 1. The average Bonchev–Trinajstić information content (AvgIpc) is 2.94. The van der Waals surface area contributed by atoms with Crippen LogP contribution in [0.15, 0.2) is 113 Å². The third-order valence-corrected chi connectivity index (χ3v) is 7.87. The maximum Gasteiger partial charge on any atom is 0.264 e. The number of nitrogens with zero attached hydrogens (tertiary/aromatic N) is 2. The zero-order valence-corrected chi connectivity index (χ0v) is 22.3. The first-order valence-corrected chi connectivity index (χ1v) is 13.6. The van der Waals surface area contributed by atoms with Crippen molar-refractivity contribution in [2.75, 3.05) is 10.8 Å². The van der Waals surface area contributed by atoms with Crippen molar-refractivity contribution in [2.45, 2.75) is 11.5 Å². The van der Waals surface area contributed by atoms with E-state index in [4.69, 9.17) is 27.9 Å². The molecular formula is C28H23Cl2N3O4S. The quantitative estimate of drug-likeness (QED) is 0.190. The minimum absolute atomic E-state index is 0.0250. The SMILES string of the molecule is O=C(CN(c1ccc(Cl)c(Cl)c1)S(=O)(=O)c1ccccc1)N/N=C\c1ccc(OCc2ccccc2)cc1. The highest BCUT2D eigenvalue weighted by molar-refractivity contribution is 7.92. The summed E-state index contributed by atoms with van der Waals surface area (Å²) < 4.78 is 33.4. The summed E-state index contributed by atoms with van der Waals surface area (Å²) in [6.45, 7) is -0.0790. The Morgan fingerprint density at radius 3 is 2.18 bits per heavy atom. The van der Waals surface area contributed by atoms with Crippen molar-refractivity contribution < 1.29 is 17.9 Å². The van der Waals surface area contributed by atoms with Gasteiger partial charge < -0.3 is 4.74 Å². The largest absolute Gasteiger partial charge is 0.489 e. The van der Waals surface area contributed by atoms with Gasteiger partial charge in [0.25, 0.3) is 15.9 Å². The Morgan fingerprint density at radius 2 is 1.53 bits per heavy atom. The predicted octanol–water partition coefficient (Wildman–Crippen LogP) is 5.92. The fourth-order valence-corrected chi connectivity index (χ4v) is 5.14. The van der Waals surface area contributed by atoms with Gasteiger partial charge in [0.05, 0.1) is 26.8 Å². The molecule has 0 aliphatic rings. The van der Waals surface area contributed by atoms with Gasteiger partial charge in [-0.15, -0.1) is 0 Å². The van der Waals surface area contributed by atoms with Gasteiger partial charge >= 0.3 is 0 Å². The second kappa shape index (κ2) is 12.6. The monoisotopic (exact) mass is 567 g/mol. The topological polar surface area (TPSA) is 88.1 Å². The fourth-order valence-electron chi connectivity index (χ4n) is 3.41. The van der Waals surface area contributed by atoms with Gasteiger partial charge in [0.15, 0.2) is 0 Å². The van der Waals surface area contributed by atoms with Crippen LogP contribution < -0.4 is 14.5 Å². The van der Waals surface area contributed by atoms with Crippen LogP contribution in [0.2, 0.25) is 10.0 Å². The van der Waals surface area contributed by atoms with Crippen LogP contribution in [0, 0.1) is 0 Å². The Bertz CT molecular complexity index is 1520. The van der Waals surface area contributed by atoms with E-state index in [1.54, 1.807) is 42.5 Å². The van der Waals surface area contributed by atoms with E-state index in [-0.39, 0.29) is 20.6 Å². The van der Waals surface area contributed by atoms with Crippen LogP contribution in [-0.2, 0) is 21.4 Å². The Hall–Kier alpha value is -3.85. The Kier molecular flexibility index (Phi) is 9.02. The molecule has 1 N–H and O–H groups in total. The lowest BCUT2D eigenvalue weighted by molar-refractivity contribution is -0.119. The summed E-state index contributed by atoms with van der Waals surface area (Å²) in [5.74, 6) is 0.0491. The van der Waals surface area contributed by atoms with Gasteiger partial charge in [-0.25, -0.2) is 13.8 Å². The molecular weight excluding hydrogens is 545 g/mol. The van der Waals surface area contributed by atoms with Gasteiger partial charge in [0.1, 0.15) is 18.9 Å². The van der Waals surface area contributed by atoms with Gasteiger partial charge in [-0.05, 0) is 65.7 Å². The standard InChI is InChI=1S/C28H23Cl2N3O4S/c29-26-16-13-23(17-27(26)30)33(38(35,36)25-9-5-2-6-10-25)19-28(34)32-31-18-21-11-14-24(15-12-21)37-20-22-7-3-1-4-8-22/h1-18H,19-20H2,(H,32,34)/b31-18-. The molecule has 0 saturated heterocycles. The molecule has 0 spiro atoms. The van der Waals surface area contributed by atoms with Crippen molar-refractivity contribution in [1.82, 2.24) is 5.43 Å². The maximum atomic E-state index is 13.4. The number of sulfonamides is 1. The first kappa shape index (κ1) is 27.2. The number of hydrogen-bond acceptors (Lipinski definition) is 5. The fraction of sp³-hybridized carbons (Fsp3) is 0.0714. The van der Waals surface area contributed by atoms with E-state index in [0.29, 0.717) is 12.4 Å². The van der Waals surface area contributed by atoms with E-state index in [9.17, 15) is 13.2 Å². The summed E-state index contributed by atoms with van der Waals surface area (Å²) in [4.78, 5) is 12.7. The number of rotatable bonds is 10. The van der Waals surface area contributed by atoms with Crippen LogP contribution >= 0.6 is 23.2 Å². The summed E-state index contributed by atoms with van der Waals surface area (Å²) >= 11 is 12.1. The van der Waals surface area contributed by atoms with Crippen molar-refractivity contribution in [2.24, 2.45) is 5.10 Å². The summed E-state index contributed by atoms with van der Waals surface area (Å²) in [6, 6.07) is 29.1. The zero-order valence-electron chi connectivity index (χ0n) is 20.0. The van der Waals surface area contributed by atoms with Crippen molar-refractivity contribution >= 4 is 51.0 Å². The van der Waals surface area contributed by atoms with E-state index < -0.39 is 22.5 Å². The van der Waals surface area contributed by atoms with Crippen molar-refractivity contribution in [1.29, 1.82) is 0 Å². The zero-order chi connectivity index (χ0) is 27.0. The normalized spacial score (nSPS) is 11.3. The van der Waals surface area contributed by atoms with E-state index in [2.05, 4.69) is 10.5 Å². The number of amides is 1. The molecule has 4 aromatic carbocycles. The molecule has 0 aliphatic carbocycles. The summed E-state index contributed by atoms with van der Waals surface area (Å²) in [6.07, 6.45) is 1.45. The minimum atomic E-state index is -4.08. The third-order valence-electron chi connectivity index (χ3n) is 5.34. The van der Waals surface area contributed by atoms with Gasteiger partial charge in [0.2, 0.25) is 0 Å². The molecule has 0 aliphatic heterocycles. The molecule has 1 amide bonds. The number of hydrogen-bond donors (Lipinski definition) is 1. The van der Waals surface area contributed by atoms with Crippen molar-refractivity contribution in [3.63, 3.8) is 0 Å². The van der Waals surface area contributed by atoms with Crippen LogP contribution in [0.1, 0.15) is 11.1 Å². The van der Waals surface area contributed by atoms with Crippen LogP contribution in [0.3, 0.4) is 0 Å². The third kappa shape index (κ3) is 7.13. The number of carbonyl (C=O) groups is 1. The molecule has 4 rings (SSSR count). The molecule has 0 unspecified atom stereocenters. The number of hydrazone groups is 1. The van der Waals surface area contributed by atoms with E-state index >= 15 is 0 Å². The number of ether oxygens (including phenoxy) is 1. The molecule has 10 heteroatoms. The Labute approximate surface area is 231 Å². The highest BCUT2D eigenvalue weighted by Gasteiger charge is 2.27. The van der Waals surface area contributed by atoms with Crippen LogP contribution in [0.25, 0.3) is 0 Å². The summed E-state index contributed by atoms with van der Waals surface area (Å²) in [7, 11) is -4.08. The van der Waals surface area contributed by atoms with E-state index in [1.165, 1.54) is 36.5 Å². The lowest BCUT2D eigenvalue weighted by atomic mass is 10.2. The number of carbonyl (C=O) groups excluding carboxylic acids is 1. The molecule has 0 saturated carbocycles. The van der Waals surface area contributed by atoms with Crippen molar-refractivity contribution in [3.8, 4) is 5.75 Å². The van der Waals surface area contributed by atoms with Crippen LogP contribution in [0.4, 0.5) is 5.69 Å². The lowest BCUT2D eigenvalue weighted by Gasteiger charge is -2.24. The molecule has 0 bridgehead atoms. The van der Waals surface area contributed by atoms with Gasteiger partial charge in [-0.3, -0.25) is 9.10 Å². The number of benzene rings is 4. The highest BCUT2D eigenvalue weighted by Crippen LogP contribution is 2.30. The maximum absolute atomic E-state index is 13.4. The minimum Gasteiger partial charge on any atom is -0.489 e. The second-order valence-corrected chi connectivity index (χ2v) is 10.7. The van der Waals surface area contributed by atoms with Crippen LogP contribution in [0.5, 0.6) is 5.75 Å². The second-order valence-electron chi connectivity index (χ2n) is 8.06. The van der Waals surface area contributed by atoms with E-state index in [0.717, 1.165) is 15.4 Å². The summed E-state index contributed by atoms with van der Waals surface area (Å²) in [5.41, 5.74) is 4.34. The molecule has 0 heterocycles. The average molecular weight is 568 g/mol. The number of halogens is 2. The predicted molar refractivity (Wildman–Crippen MR) is 150 cm³/mol. The molecule has 4 aromatic rings. The molecule has 0 radical (unpaired) electrons. The summed E-state index contributed by atoms with van der Waals surface area (Å²) in [5, 5.41) is 4.39. The van der Waals surface area contributed by atoms with Gasteiger partial charge in [0, 0.05) is 0 Å². The molecule has 0 aromatic heterocycles. The van der Waals surface area contributed by atoms with Gasteiger partial charge in [-0.1, -0.05) is 71.7 Å². The molecule has 194 valence electrons.